The molecule has 0 saturated heterocycles. The van der Waals surface area contributed by atoms with Crippen LogP contribution < -0.4 is 0 Å². The lowest BCUT2D eigenvalue weighted by molar-refractivity contribution is -0.134. The fourth-order valence-electron chi connectivity index (χ4n) is 0.868. The molecule has 0 aliphatic heterocycles. The van der Waals surface area contributed by atoms with Gasteiger partial charge in [-0.1, -0.05) is 27.5 Å². The minimum Gasteiger partial charge on any atom is -0.466 e. The normalized spacial score (nSPS) is 10.5. The van der Waals surface area contributed by atoms with Crippen LogP contribution in [0, 0.1) is 0 Å². The average Bonchev–Trinajstić information content (AvgIpc) is 2.19. The second-order valence-corrected chi connectivity index (χ2v) is 3.81. The standard InChI is InChI=1S/C10H8BrClO2/c1-14-10(13)5-2-7-6-8(12)3-4-9(7)11/h2-6H,1H3. The molecule has 0 bridgehead atoms. The Morgan fingerprint density at radius 2 is 2.29 bits per heavy atom. The summed E-state index contributed by atoms with van der Waals surface area (Å²) in [5.41, 5.74) is 0.836. The van der Waals surface area contributed by atoms with Crippen LogP contribution in [0.5, 0.6) is 0 Å². The number of halogens is 2. The van der Waals surface area contributed by atoms with Gasteiger partial charge in [0.25, 0.3) is 0 Å². The van der Waals surface area contributed by atoms with Gasteiger partial charge in [-0.15, -0.1) is 0 Å². The van der Waals surface area contributed by atoms with Crippen molar-refractivity contribution in [1.82, 2.24) is 0 Å². The van der Waals surface area contributed by atoms with Crippen molar-refractivity contribution in [2.45, 2.75) is 0 Å². The zero-order valence-electron chi connectivity index (χ0n) is 7.46. The number of hydrogen-bond donors (Lipinski definition) is 0. The molecule has 0 radical (unpaired) electrons. The number of carbonyl (C=O) groups excluding carboxylic acids is 1. The molecule has 0 spiro atoms. The summed E-state index contributed by atoms with van der Waals surface area (Å²) in [6.45, 7) is 0. The minimum atomic E-state index is -0.392. The Morgan fingerprint density at radius 3 is 2.93 bits per heavy atom. The molecule has 0 saturated carbocycles. The minimum absolute atomic E-state index is 0.392. The smallest absolute Gasteiger partial charge is 0.330 e. The predicted molar refractivity (Wildman–Crippen MR) is 60.2 cm³/mol. The largest absolute Gasteiger partial charge is 0.466 e. The monoisotopic (exact) mass is 274 g/mol. The van der Waals surface area contributed by atoms with E-state index in [9.17, 15) is 4.79 Å². The van der Waals surface area contributed by atoms with Crippen LogP contribution in [0.15, 0.2) is 28.7 Å². The molecule has 0 aliphatic carbocycles. The third-order valence-electron chi connectivity index (χ3n) is 1.56. The predicted octanol–water partition coefficient (Wildman–Crippen LogP) is 3.29. The van der Waals surface area contributed by atoms with Gasteiger partial charge in [0.05, 0.1) is 7.11 Å². The van der Waals surface area contributed by atoms with E-state index in [1.807, 2.05) is 6.07 Å². The molecule has 1 aromatic carbocycles. The summed E-state index contributed by atoms with van der Waals surface area (Å²) < 4.78 is 5.34. The Balaban J connectivity index is 2.90. The number of ether oxygens (including phenoxy) is 1. The molecule has 1 rings (SSSR count). The first kappa shape index (κ1) is 11.3. The summed E-state index contributed by atoms with van der Waals surface area (Å²) in [4.78, 5) is 10.8. The highest BCUT2D eigenvalue weighted by atomic mass is 79.9. The Labute approximate surface area is 95.6 Å². The summed E-state index contributed by atoms with van der Waals surface area (Å²) in [6, 6.07) is 5.34. The van der Waals surface area contributed by atoms with E-state index in [2.05, 4.69) is 20.7 Å². The van der Waals surface area contributed by atoms with E-state index < -0.39 is 5.97 Å². The SMILES string of the molecule is COC(=O)C=Cc1cc(Cl)ccc1Br. The summed E-state index contributed by atoms with van der Waals surface area (Å²) in [5, 5.41) is 0.623. The molecule has 1 aromatic rings. The number of rotatable bonds is 2. The molecule has 0 heterocycles. The van der Waals surface area contributed by atoms with Gasteiger partial charge in [-0.2, -0.15) is 0 Å². The van der Waals surface area contributed by atoms with Gasteiger partial charge in [-0.3, -0.25) is 0 Å². The third-order valence-corrected chi connectivity index (χ3v) is 2.52. The molecular formula is C10H8BrClO2. The number of methoxy groups -OCH3 is 1. The fraction of sp³-hybridized carbons (Fsp3) is 0.100. The van der Waals surface area contributed by atoms with Crippen LogP contribution in [-0.4, -0.2) is 13.1 Å². The van der Waals surface area contributed by atoms with E-state index >= 15 is 0 Å². The number of hydrogen-bond acceptors (Lipinski definition) is 2. The van der Waals surface area contributed by atoms with E-state index in [1.54, 1.807) is 18.2 Å². The van der Waals surface area contributed by atoms with Crippen LogP contribution in [-0.2, 0) is 9.53 Å². The van der Waals surface area contributed by atoms with E-state index in [0.29, 0.717) is 5.02 Å². The topological polar surface area (TPSA) is 26.3 Å². The Hall–Kier alpha value is -0.800. The lowest BCUT2D eigenvalue weighted by atomic mass is 10.2. The van der Waals surface area contributed by atoms with Crippen molar-refractivity contribution in [2.75, 3.05) is 7.11 Å². The summed E-state index contributed by atoms with van der Waals surface area (Å²) >= 11 is 9.14. The highest BCUT2D eigenvalue weighted by Crippen LogP contribution is 2.22. The Kier molecular flexibility index (Phi) is 4.17. The van der Waals surface area contributed by atoms with Gasteiger partial charge >= 0.3 is 5.97 Å². The third kappa shape index (κ3) is 3.16. The van der Waals surface area contributed by atoms with Crippen LogP contribution in [0.3, 0.4) is 0 Å². The van der Waals surface area contributed by atoms with Crippen LogP contribution >= 0.6 is 27.5 Å². The van der Waals surface area contributed by atoms with Gasteiger partial charge in [-0.05, 0) is 29.8 Å². The van der Waals surface area contributed by atoms with E-state index in [1.165, 1.54) is 13.2 Å². The first-order valence-electron chi connectivity index (χ1n) is 3.84. The first-order chi connectivity index (χ1) is 6.63. The van der Waals surface area contributed by atoms with E-state index in [4.69, 9.17) is 11.6 Å². The molecule has 2 nitrogen and oxygen atoms in total. The molecule has 0 aromatic heterocycles. The van der Waals surface area contributed by atoms with Crippen molar-refractivity contribution in [2.24, 2.45) is 0 Å². The molecule has 0 unspecified atom stereocenters. The highest BCUT2D eigenvalue weighted by molar-refractivity contribution is 9.10. The van der Waals surface area contributed by atoms with Crippen molar-refractivity contribution in [3.63, 3.8) is 0 Å². The maximum absolute atomic E-state index is 10.8. The molecule has 0 N–H and O–H groups in total. The molecule has 0 fully saturated rings. The zero-order valence-corrected chi connectivity index (χ0v) is 9.80. The van der Waals surface area contributed by atoms with Gasteiger partial charge < -0.3 is 4.74 Å². The van der Waals surface area contributed by atoms with Crippen molar-refractivity contribution in [1.29, 1.82) is 0 Å². The van der Waals surface area contributed by atoms with Gasteiger partial charge in [0, 0.05) is 15.6 Å². The van der Waals surface area contributed by atoms with Crippen LogP contribution in [0.4, 0.5) is 0 Å². The molecule has 74 valence electrons. The van der Waals surface area contributed by atoms with Crippen LogP contribution in [0.2, 0.25) is 5.02 Å². The second kappa shape index (κ2) is 5.17. The first-order valence-corrected chi connectivity index (χ1v) is 5.01. The van der Waals surface area contributed by atoms with Crippen molar-refractivity contribution >= 4 is 39.6 Å². The highest BCUT2D eigenvalue weighted by Gasteiger charge is 1.98. The summed E-state index contributed by atoms with van der Waals surface area (Å²) in [6.07, 6.45) is 2.98. The van der Waals surface area contributed by atoms with Crippen molar-refractivity contribution in [3.8, 4) is 0 Å². The lowest BCUT2D eigenvalue weighted by Gasteiger charge is -1.98. The maximum atomic E-state index is 10.8. The second-order valence-electron chi connectivity index (χ2n) is 2.52. The zero-order chi connectivity index (χ0) is 10.6. The molecule has 0 atom stereocenters. The van der Waals surface area contributed by atoms with E-state index in [0.717, 1.165) is 10.0 Å². The van der Waals surface area contributed by atoms with Crippen molar-refractivity contribution < 1.29 is 9.53 Å². The quantitative estimate of drug-likeness (QED) is 0.611. The lowest BCUT2D eigenvalue weighted by Crippen LogP contribution is -1.93. The summed E-state index contributed by atoms with van der Waals surface area (Å²) in [5.74, 6) is -0.392. The maximum Gasteiger partial charge on any atom is 0.330 e. The van der Waals surface area contributed by atoms with Gasteiger partial charge in [0.1, 0.15) is 0 Å². The van der Waals surface area contributed by atoms with Gasteiger partial charge in [0.2, 0.25) is 0 Å². The van der Waals surface area contributed by atoms with Crippen LogP contribution in [0.25, 0.3) is 6.08 Å². The molecular weight excluding hydrogens is 267 g/mol. The number of esters is 1. The summed E-state index contributed by atoms with van der Waals surface area (Å²) in [7, 11) is 1.33. The number of benzene rings is 1. The van der Waals surface area contributed by atoms with Crippen molar-refractivity contribution in [3.05, 3.63) is 39.3 Å². The van der Waals surface area contributed by atoms with Gasteiger partial charge in [0.15, 0.2) is 0 Å². The molecule has 14 heavy (non-hydrogen) atoms. The molecule has 0 amide bonds. The van der Waals surface area contributed by atoms with Gasteiger partial charge in [-0.25, -0.2) is 4.79 Å². The van der Waals surface area contributed by atoms with E-state index in [-0.39, 0.29) is 0 Å². The Bertz CT molecular complexity index is 374. The Morgan fingerprint density at radius 1 is 1.57 bits per heavy atom. The molecule has 4 heteroatoms. The van der Waals surface area contributed by atoms with Crippen LogP contribution in [0.1, 0.15) is 5.56 Å². The average molecular weight is 276 g/mol. The fourth-order valence-corrected chi connectivity index (χ4v) is 1.43. The molecule has 0 aliphatic rings. The number of carbonyl (C=O) groups is 1.